The highest BCUT2D eigenvalue weighted by molar-refractivity contribution is 6.89. The lowest BCUT2D eigenvalue weighted by Crippen LogP contribution is -2.38. The first-order valence-electron chi connectivity index (χ1n) is 10.8. The fourth-order valence-electron chi connectivity index (χ4n) is 4.70. The molecule has 0 unspecified atom stereocenters. The minimum atomic E-state index is -1.50. The molecular formula is C28H24N2Si. The molecule has 0 radical (unpaired) electrons. The van der Waals surface area contributed by atoms with Gasteiger partial charge in [0, 0.05) is 22.8 Å². The number of fused-ring (bicyclic) bond motifs is 3. The van der Waals surface area contributed by atoms with E-state index in [9.17, 15) is 0 Å². The van der Waals surface area contributed by atoms with Gasteiger partial charge in [-0.05, 0) is 52.6 Å². The van der Waals surface area contributed by atoms with Crippen molar-refractivity contribution < 1.29 is 0 Å². The second-order valence-corrected chi connectivity index (χ2v) is 14.5. The maximum Gasteiger partial charge on any atom is 0.0822 e. The minimum absolute atomic E-state index is 1.09. The van der Waals surface area contributed by atoms with Crippen molar-refractivity contribution in [1.82, 2.24) is 4.98 Å². The second kappa shape index (κ2) is 6.53. The molecule has 3 heteroatoms. The first-order chi connectivity index (χ1) is 15.0. The molecule has 2 heterocycles. The van der Waals surface area contributed by atoms with Gasteiger partial charge in [-0.15, -0.1) is 0 Å². The van der Waals surface area contributed by atoms with E-state index in [1.54, 1.807) is 0 Å². The van der Waals surface area contributed by atoms with Gasteiger partial charge in [0.2, 0.25) is 0 Å². The predicted octanol–water partition coefficient (Wildman–Crippen LogP) is 7.38. The molecule has 31 heavy (non-hydrogen) atoms. The molecule has 0 amide bonds. The molecular weight excluding hydrogens is 392 g/mol. The molecule has 150 valence electrons. The Morgan fingerprint density at radius 2 is 1.39 bits per heavy atom. The van der Waals surface area contributed by atoms with Gasteiger partial charge in [0.25, 0.3) is 0 Å². The van der Waals surface area contributed by atoms with Gasteiger partial charge in [0.05, 0.1) is 25.1 Å². The van der Waals surface area contributed by atoms with Crippen molar-refractivity contribution in [3.05, 3.63) is 91.1 Å². The normalized spacial score (nSPS) is 12.9. The number of para-hydroxylation sites is 1. The fraction of sp³-hybridized carbons (Fsp3) is 0.107. The van der Waals surface area contributed by atoms with E-state index < -0.39 is 8.07 Å². The van der Waals surface area contributed by atoms with Crippen LogP contribution in [0.4, 0.5) is 17.1 Å². The highest BCUT2D eigenvalue weighted by Crippen LogP contribution is 2.50. The van der Waals surface area contributed by atoms with E-state index in [-0.39, 0.29) is 0 Å². The molecule has 0 saturated carbocycles. The summed E-state index contributed by atoms with van der Waals surface area (Å²) in [6, 6.07) is 30.9. The molecule has 0 saturated heterocycles. The van der Waals surface area contributed by atoms with Gasteiger partial charge in [0.15, 0.2) is 0 Å². The molecule has 1 aromatic heterocycles. The van der Waals surface area contributed by atoms with Crippen LogP contribution in [0.2, 0.25) is 19.6 Å². The van der Waals surface area contributed by atoms with E-state index in [1.165, 1.54) is 49.4 Å². The Kier molecular flexibility index (Phi) is 3.86. The zero-order valence-electron chi connectivity index (χ0n) is 18.1. The lowest BCUT2D eigenvalue weighted by molar-refractivity contribution is 1.26. The Balaban J connectivity index is 1.79. The van der Waals surface area contributed by atoms with Crippen LogP contribution in [-0.2, 0) is 0 Å². The molecule has 0 bridgehead atoms. The minimum Gasteiger partial charge on any atom is -0.309 e. The Bertz CT molecular complexity index is 1470. The third-order valence-electron chi connectivity index (χ3n) is 6.32. The van der Waals surface area contributed by atoms with Crippen LogP contribution in [0.1, 0.15) is 0 Å². The highest BCUT2D eigenvalue weighted by Gasteiger charge is 2.29. The summed E-state index contributed by atoms with van der Waals surface area (Å²) >= 11 is 0. The van der Waals surface area contributed by atoms with E-state index in [0.29, 0.717) is 0 Å². The summed E-state index contributed by atoms with van der Waals surface area (Å²) in [5.41, 5.74) is 5.91. The standard InChI is InChI=1S/C28H24N2Si/c1-31(2,3)23-15-21-13-14-29-28-24-16-19-9-7-8-10-20(19)17-25(24)30(26(18-23)27(21)28)22-11-5-4-6-12-22/h4-18H,1-3H3. The quantitative estimate of drug-likeness (QED) is 0.274. The Morgan fingerprint density at radius 1 is 0.677 bits per heavy atom. The average molecular weight is 417 g/mol. The smallest absolute Gasteiger partial charge is 0.0822 e. The molecule has 0 N–H and O–H groups in total. The second-order valence-electron chi connectivity index (χ2n) is 9.39. The number of hydrogen-bond acceptors (Lipinski definition) is 2. The van der Waals surface area contributed by atoms with Crippen molar-refractivity contribution in [3.63, 3.8) is 0 Å². The summed E-state index contributed by atoms with van der Waals surface area (Å²) < 4.78 is 0. The average Bonchev–Trinajstić information content (AvgIpc) is 2.78. The molecule has 0 atom stereocenters. The van der Waals surface area contributed by atoms with Crippen molar-refractivity contribution in [2.24, 2.45) is 0 Å². The van der Waals surface area contributed by atoms with Crippen LogP contribution < -0.4 is 10.1 Å². The van der Waals surface area contributed by atoms with Crippen molar-refractivity contribution in [3.8, 4) is 11.3 Å². The summed E-state index contributed by atoms with van der Waals surface area (Å²) in [5, 5.41) is 6.49. The zero-order valence-corrected chi connectivity index (χ0v) is 19.1. The van der Waals surface area contributed by atoms with Crippen LogP contribution in [-0.4, -0.2) is 13.1 Å². The van der Waals surface area contributed by atoms with Gasteiger partial charge >= 0.3 is 0 Å². The van der Waals surface area contributed by atoms with Crippen LogP contribution in [0.25, 0.3) is 32.8 Å². The molecule has 4 aromatic carbocycles. The summed E-state index contributed by atoms with van der Waals surface area (Å²) in [4.78, 5) is 7.32. The Hall–Kier alpha value is -3.43. The zero-order chi connectivity index (χ0) is 21.2. The van der Waals surface area contributed by atoms with Crippen LogP contribution in [0.3, 0.4) is 0 Å². The van der Waals surface area contributed by atoms with Crippen molar-refractivity contribution in [2.75, 3.05) is 4.90 Å². The van der Waals surface area contributed by atoms with Gasteiger partial charge in [-0.1, -0.05) is 73.4 Å². The lowest BCUT2D eigenvalue weighted by Gasteiger charge is -2.34. The number of pyridine rings is 1. The first-order valence-corrected chi connectivity index (χ1v) is 14.3. The summed E-state index contributed by atoms with van der Waals surface area (Å²) in [6.07, 6.45) is 1.96. The molecule has 5 aromatic rings. The Labute approximate surface area is 183 Å². The monoisotopic (exact) mass is 416 g/mol. The molecule has 0 fully saturated rings. The van der Waals surface area contributed by atoms with Crippen LogP contribution >= 0.6 is 0 Å². The molecule has 1 aliphatic rings. The van der Waals surface area contributed by atoms with E-state index in [2.05, 4.69) is 109 Å². The fourth-order valence-corrected chi connectivity index (χ4v) is 5.85. The highest BCUT2D eigenvalue weighted by atomic mass is 28.3. The van der Waals surface area contributed by atoms with E-state index in [1.807, 2.05) is 6.20 Å². The summed E-state index contributed by atoms with van der Waals surface area (Å²) in [7, 11) is -1.50. The number of anilines is 3. The van der Waals surface area contributed by atoms with Gasteiger partial charge in [-0.2, -0.15) is 0 Å². The summed E-state index contributed by atoms with van der Waals surface area (Å²) in [5.74, 6) is 0. The Morgan fingerprint density at radius 3 is 2.13 bits per heavy atom. The molecule has 2 nitrogen and oxygen atoms in total. The van der Waals surface area contributed by atoms with Gasteiger partial charge in [-0.3, -0.25) is 4.98 Å². The van der Waals surface area contributed by atoms with Gasteiger partial charge < -0.3 is 4.90 Å². The van der Waals surface area contributed by atoms with Crippen LogP contribution in [0.5, 0.6) is 0 Å². The predicted molar refractivity (Wildman–Crippen MR) is 136 cm³/mol. The molecule has 0 spiro atoms. The number of aromatic nitrogens is 1. The number of benzene rings is 4. The largest absolute Gasteiger partial charge is 0.309 e. The van der Waals surface area contributed by atoms with Gasteiger partial charge in [0.1, 0.15) is 0 Å². The van der Waals surface area contributed by atoms with Crippen LogP contribution in [0, 0.1) is 0 Å². The number of nitrogens with zero attached hydrogens (tertiary/aromatic N) is 2. The van der Waals surface area contributed by atoms with E-state index in [4.69, 9.17) is 4.98 Å². The topological polar surface area (TPSA) is 16.1 Å². The van der Waals surface area contributed by atoms with E-state index in [0.717, 1.165) is 5.69 Å². The van der Waals surface area contributed by atoms with Crippen molar-refractivity contribution in [2.45, 2.75) is 19.6 Å². The van der Waals surface area contributed by atoms with Crippen LogP contribution in [0.15, 0.2) is 91.1 Å². The van der Waals surface area contributed by atoms with Crippen molar-refractivity contribution in [1.29, 1.82) is 0 Å². The number of hydrogen-bond donors (Lipinski definition) is 0. The third kappa shape index (κ3) is 2.81. The molecule has 6 rings (SSSR count). The van der Waals surface area contributed by atoms with E-state index >= 15 is 0 Å². The number of rotatable bonds is 2. The van der Waals surface area contributed by atoms with Crippen molar-refractivity contribution >= 4 is 51.9 Å². The third-order valence-corrected chi connectivity index (χ3v) is 8.34. The molecule has 1 aliphatic heterocycles. The maximum atomic E-state index is 4.89. The maximum absolute atomic E-state index is 4.89. The molecule has 0 aliphatic carbocycles. The van der Waals surface area contributed by atoms with Gasteiger partial charge in [-0.25, -0.2) is 0 Å². The first kappa shape index (κ1) is 18.3. The summed E-state index contributed by atoms with van der Waals surface area (Å²) in [6.45, 7) is 7.25. The lowest BCUT2D eigenvalue weighted by atomic mass is 9.92. The SMILES string of the molecule is C[Si](C)(C)c1cc2c3c(nccc3c1)-c1cc3ccccc3cc1N2c1ccccc1.